The molecule has 8 heteroatoms. The molecule has 0 spiro atoms. The summed E-state index contributed by atoms with van der Waals surface area (Å²) in [5.74, 6) is 0.754. The van der Waals surface area contributed by atoms with Crippen molar-refractivity contribution in [2.45, 2.75) is 32.0 Å². The van der Waals surface area contributed by atoms with E-state index in [1.807, 2.05) is 0 Å². The zero-order valence-electron chi connectivity index (χ0n) is 9.13. The molecule has 0 atom stereocenters. The molecule has 16 heavy (non-hydrogen) atoms. The minimum Gasteiger partial charge on any atom is -0.307 e. The summed E-state index contributed by atoms with van der Waals surface area (Å²) >= 11 is 0. The van der Waals surface area contributed by atoms with E-state index in [0.717, 1.165) is 0 Å². The molecule has 0 saturated heterocycles. The molecule has 0 amide bonds. The monoisotopic (exact) mass is 245 g/mol. The maximum Gasteiger partial charge on any atom is 0.165 e. The van der Waals surface area contributed by atoms with Gasteiger partial charge in [-0.25, -0.2) is 13.1 Å². The third-order valence-electron chi connectivity index (χ3n) is 2.41. The van der Waals surface area contributed by atoms with Crippen molar-refractivity contribution < 1.29 is 8.42 Å². The lowest BCUT2D eigenvalue weighted by atomic mass is 10.5. The number of hydrogen-bond acceptors (Lipinski definition) is 6. The quantitative estimate of drug-likeness (QED) is 0.689. The highest BCUT2D eigenvalue weighted by Gasteiger charge is 2.21. The standard InChI is InChI=1S/C8H15N5O2S/c1-16(14,15)5-4-13-8(10-11-12-13)6-9-7-2-3-7/h7,9H,2-6H2,1H3. The first-order valence-electron chi connectivity index (χ1n) is 5.21. The van der Waals surface area contributed by atoms with Gasteiger partial charge < -0.3 is 5.32 Å². The summed E-state index contributed by atoms with van der Waals surface area (Å²) in [7, 11) is -2.97. The molecule has 1 saturated carbocycles. The van der Waals surface area contributed by atoms with Crippen LogP contribution in [0.15, 0.2) is 0 Å². The summed E-state index contributed by atoms with van der Waals surface area (Å²) in [6.07, 6.45) is 3.61. The molecule has 1 fully saturated rings. The molecule has 1 aromatic rings. The van der Waals surface area contributed by atoms with Gasteiger partial charge in [-0.15, -0.1) is 5.10 Å². The van der Waals surface area contributed by atoms with Crippen molar-refractivity contribution in [3.63, 3.8) is 0 Å². The maximum absolute atomic E-state index is 11.0. The van der Waals surface area contributed by atoms with Crippen LogP contribution < -0.4 is 5.32 Å². The van der Waals surface area contributed by atoms with Crippen LogP contribution in [0.2, 0.25) is 0 Å². The second-order valence-corrected chi connectivity index (χ2v) is 6.36. The Bertz CT molecular complexity index is 451. The summed E-state index contributed by atoms with van der Waals surface area (Å²) in [6.45, 7) is 0.912. The lowest BCUT2D eigenvalue weighted by molar-refractivity contribution is 0.551. The number of rotatable bonds is 6. The van der Waals surface area contributed by atoms with Crippen LogP contribution in [0.1, 0.15) is 18.7 Å². The summed E-state index contributed by atoms with van der Waals surface area (Å²) in [5, 5.41) is 14.5. The fourth-order valence-electron chi connectivity index (χ4n) is 1.30. The predicted octanol–water partition coefficient (Wildman–Crippen LogP) is -1.03. The van der Waals surface area contributed by atoms with E-state index in [9.17, 15) is 8.42 Å². The van der Waals surface area contributed by atoms with Crippen LogP contribution in [-0.2, 0) is 22.9 Å². The summed E-state index contributed by atoms with van der Waals surface area (Å²) in [4.78, 5) is 0. The topological polar surface area (TPSA) is 89.8 Å². The van der Waals surface area contributed by atoms with Crippen LogP contribution >= 0.6 is 0 Å². The van der Waals surface area contributed by atoms with Crippen molar-refractivity contribution in [1.29, 1.82) is 0 Å². The fourth-order valence-corrected chi connectivity index (χ4v) is 1.80. The van der Waals surface area contributed by atoms with Crippen LogP contribution in [0, 0.1) is 0 Å². The highest BCUT2D eigenvalue weighted by atomic mass is 32.2. The summed E-state index contributed by atoms with van der Waals surface area (Å²) in [5.41, 5.74) is 0. The maximum atomic E-state index is 11.0. The second kappa shape index (κ2) is 4.46. The Kier molecular flexibility index (Phi) is 3.20. The SMILES string of the molecule is CS(=O)(=O)CCn1nnnc1CNC1CC1. The van der Waals surface area contributed by atoms with Crippen molar-refractivity contribution in [1.82, 2.24) is 25.5 Å². The van der Waals surface area contributed by atoms with E-state index in [4.69, 9.17) is 0 Å². The average molecular weight is 245 g/mol. The van der Waals surface area contributed by atoms with Crippen LogP contribution in [0.25, 0.3) is 0 Å². The zero-order valence-corrected chi connectivity index (χ0v) is 9.94. The van der Waals surface area contributed by atoms with E-state index in [0.29, 0.717) is 25.0 Å². The molecule has 1 N–H and O–H groups in total. The Morgan fingerprint density at radius 1 is 1.50 bits per heavy atom. The van der Waals surface area contributed by atoms with E-state index >= 15 is 0 Å². The number of nitrogens with zero attached hydrogens (tertiary/aromatic N) is 4. The van der Waals surface area contributed by atoms with Crippen LogP contribution in [0.3, 0.4) is 0 Å². The Morgan fingerprint density at radius 2 is 2.25 bits per heavy atom. The van der Waals surface area contributed by atoms with Gasteiger partial charge in [0.05, 0.1) is 18.8 Å². The first-order chi connectivity index (χ1) is 7.54. The first kappa shape index (κ1) is 11.5. The van der Waals surface area contributed by atoms with Crippen molar-refractivity contribution in [2.24, 2.45) is 0 Å². The first-order valence-corrected chi connectivity index (χ1v) is 7.27. The van der Waals surface area contributed by atoms with Gasteiger partial charge in [0.25, 0.3) is 0 Å². The molecule has 0 aromatic carbocycles. The normalized spacial score (nSPS) is 16.6. The largest absolute Gasteiger partial charge is 0.307 e. The van der Waals surface area contributed by atoms with Gasteiger partial charge >= 0.3 is 0 Å². The van der Waals surface area contributed by atoms with Gasteiger partial charge in [-0.2, -0.15) is 0 Å². The van der Waals surface area contributed by atoms with Crippen molar-refractivity contribution in [2.75, 3.05) is 12.0 Å². The molecule has 7 nitrogen and oxygen atoms in total. The van der Waals surface area contributed by atoms with E-state index < -0.39 is 9.84 Å². The molecular formula is C8H15N5O2S. The molecule has 0 bridgehead atoms. The highest BCUT2D eigenvalue weighted by Crippen LogP contribution is 2.18. The number of sulfone groups is 1. The minimum atomic E-state index is -2.97. The van der Waals surface area contributed by atoms with E-state index in [1.54, 1.807) is 0 Å². The van der Waals surface area contributed by atoms with Gasteiger partial charge in [0.1, 0.15) is 9.84 Å². The Morgan fingerprint density at radius 3 is 2.88 bits per heavy atom. The lowest BCUT2D eigenvalue weighted by Gasteiger charge is -2.04. The smallest absolute Gasteiger partial charge is 0.165 e. The number of hydrogen-bond donors (Lipinski definition) is 1. The Hall–Kier alpha value is -1.02. The van der Waals surface area contributed by atoms with Crippen molar-refractivity contribution in [3.05, 3.63) is 5.82 Å². The number of nitrogens with one attached hydrogen (secondary N) is 1. The number of aromatic nitrogens is 4. The molecule has 0 aliphatic heterocycles. The van der Waals surface area contributed by atoms with Gasteiger partial charge in [0.2, 0.25) is 0 Å². The summed E-state index contributed by atoms with van der Waals surface area (Å²) in [6, 6.07) is 0.583. The zero-order chi connectivity index (χ0) is 11.6. The van der Waals surface area contributed by atoms with Gasteiger partial charge in [0.15, 0.2) is 5.82 Å². The molecule has 1 heterocycles. The third-order valence-corrected chi connectivity index (χ3v) is 3.33. The van der Waals surface area contributed by atoms with Crippen LogP contribution in [0.4, 0.5) is 0 Å². The average Bonchev–Trinajstić information content (AvgIpc) is 2.90. The van der Waals surface area contributed by atoms with Gasteiger partial charge in [-0.3, -0.25) is 0 Å². The molecule has 0 unspecified atom stereocenters. The van der Waals surface area contributed by atoms with Gasteiger partial charge in [-0.1, -0.05) is 0 Å². The molecule has 0 radical (unpaired) electrons. The number of tetrazole rings is 1. The van der Waals surface area contributed by atoms with E-state index in [1.165, 1.54) is 23.8 Å². The fraction of sp³-hybridized carbons (Fsp3) is 0.875. The Labute approximate surface area is 94.1 Å². The van der Waals surface area contributed by atoms with Gasteiger partial charge in [0, 0.05) is 12.3 Å². The Balaban J connectivity index is 1.89. The molecular weight excluding hydrogens is 230 g/mol. The third kappa shape index (κ3) is 3.53. The molecule has 1 aromatic heterocycles. The van der Waals surface area contributed by atoms with E-state index in [-0.39, 0.29) is 5.75 Å². The molecule has 2 rings (SSSR count). The highest BCUT2D eigenvalue weighted by molar-refractivity contribution is 7.90. The predicted molar refractivity (Wildman–Crippen MR) is 57.4 cm³/mol. The molecule has 90 valence electrons. The number of aryl methyl sites for hydroxylation is 1. The molecule has 1 aliphatic carbocycles. The minimum absolute atomic E-state index is 0.0640. The second-order valence-electron chi connectivity index (χ2n) is 4.10. The summed E-state index contributed by atoms with van der Waals surface area (Å²) < 4.78 is 23.6. The van der Waals surface area contributed by atoms with E-state index in [2.05, 4.69) is 20.8 Å². The van der Waals surface area contributed by atoms with Crippen molar-refractivity contribution in [3.8, 4) is 0 Å². The van der Waals surface area contributed by atoms with Crippen LogP contribution in [0.5, 0.6) is 0 Å². The van der Waals surface area contributed by atoms with Gasteiger partial charge in [-0.05, 0) is 23.3 Å². The lowest BCUT2D eigenvalue weighted by Crippen LogP contribution is -2.21. The van der Waals surface area contributed by atoms with Crippen molar-refractivity contribution >= 4 is 9.84 Å². The van der Waals surface area contributed by atoms with Crippen LogP contribution in [-0.4, -0.2) is 46.7 Å². The molecule has 1 aliphatic rings.